The predicted molar refractivity (Wildman–Crippen MR) is 119 cm³/mol. The van der Waals surface area contributed by atoms with Crippen molar-refractivity contribution in [2.45, 2.75) is 84.5 Å². The molecule has 0 aliphatic carbocycles. The first kappa shape index (κ1) is 24.2. The van der Waals surface area contributed by atoms with Crippen LogP contribution in [0.1, 0.15) is 67.9 Å². The van der Waals surface area contributed by atoms with Gasteiger partial charge in [0.15, 0.2) is 0 Å². The number of hydrogen-bond donors (Lipinski definition) is 0. The lowest BCUT2D eigenvalue weighted by Gasteiger charge is -2.38. The number of nitrogens with zero attached hydrogens (tertiary/aromatic N) is 1. The van der Waals surface area contributed by atoms with Gasteiger partial charge in [0.2, 0.25) is 0 Å². The van der Waals surface area contributed by atoms with Crippen molar-refractivity contribution in [3.63, 3.8) is 0 Å². The minimum absolute atomic E-state index is 0.414. The SMILES string of the molecule is CC(C)[Si](C#Cc1cc(F)cc(N(C)C(=O)OC(C)(C)C)c1)(C(C)C)C(C)C. The second-order valence-electron chi connectivity index (χ2n) is 9.38. The molecule has 0 heterocycles. The van der Waals surface area contributed by atoms with Crippen LogP contribution in [-0.2, 0) is 4.74 Å². The highest BCUT2D eigenvalue weighted by atomic mass is 28.3. The Morgan fingerprint density at radius 2 is 1.54 bits per heavy atom. The Bertz CT molecular complexity index is 732. The Kier molecular flexibility index (Phi) is 7.90. The monoisotopic (exact) mass is 405 g/mol. The van der Waals surface area contributed by atoms with E-state index in [1.54, 1.807) is 33.9 Å². The van der Waals surface area contributed by atoms with Gasteiger partial charge in [-0.1, -0.05) is 47.5 Å². The van der Waals surface area contributed by atoms with Gasteiger partial charge in [0.25, 0.3) is 0 Å². The van der Waals surface area contributed by atoms with Crippen molar-refractivity contribution < 1.29 is 13.9 Å². The van der Waals surface area contributed by atoms with Crippen LogP contribution in [-0.4, -0.2) is 26.8 Å². The highest BCUT2D eigenvalue weighted by Crippen LogP contribution is 2.40. The molecule has 5 heteroatoms. The molecular formula is C23H36FNO2Si. The molecule has 3 nitrogen and oxygen atoms in total. The molecule has 0 fully saturated rings. The van der Waals surface area contributed by atoms with Crippen molar-refractivity contribution in [3.05, 3.63) is 29.6 Å². The van der Waals surface area contributed by atoms with Crippen LogP contribution in [0.5, 0.6) is 0 Å². The zero-order valence-electron chi connectivity index (χ0n) is 19.1. The Morgan fingerprint density at radius 1 is 1.04 bits per heavy atom. The molecule has 0 N–H and O–H groups in total. The maximum absolute atomic E-state index is 14.2. The molecule has 0 bridgehead atoms. The lowest BCUT2D eigenvalue weighted by molar-refractivity contribution is 0.0589. The van der Waals surface area contributed by atoms with Crippen molar-refractivity contribution in [1.29, 1.82) is 0 Å². The first-order chi connectivity index (χ1) is 12.7. The normalized spacial score (nSPS) is 12.2. The van der Waals surface area contributed by atoms with E-state index in [-0.39, 0.29) is 0 Å². The fourth-order valence-electron chi connectivity index (χ4n) is 3.89. The third kappa shape index (κ3) is 5.85. The third-order valence-electron chi connectivity index (χ3n) is 5.23. The van der Waals surface area contributed by atoms with Gasteiger partial charge in [0.05, 0.1) is 5.69 Å². The van der Waals surface area contributed by atoms with Gasteiger partial charge >= 0.3 is 6.09 Å². The molecule has 1 amide bonds. The quantitative estimate of drug-likeness (QED) is 0.409. The molecule has 0 saturated carbocycles. The lowest BCUT2D eigenvalue weighted by atomic mass is 10.2. The first-order valence-electron chi connectivity index (χ1n) is 10.0. The van der Waals surface area contributed by atoms with Gasteiger partial charge in [-0.2, -0.15) is 0 Å². The zero-order chi connectivity index (χ0) is 21.9. The first-order valence-corrected chi connectivity index (χ1v) is 12.2. The lowest BCUT2D eigenvalue weighted by Crippen LogP contribution is -2.43. The van der Waals surface area contributed by atoms with Gasteiger partial charge in [0, 0.05) is 12.6 Å². The smallest absolute Gasteiger partial charge is 0.414 e. The van der Waals surface area contributed by atoms with Crippen LogP contribution in [0.2, 0.25) is 16.6 Å². The maximum Gasteiger partial charge on any atom is 0.414 e. The van der Waals surface area contributed by atoms with Crippen molar-refractivity contribution in [2.24, 2.45) is 0 Å². The van der Waals surface area contributed by atoms with Crippen LogP contribution in [0.4, 0.5) is 14.9 Å². The van der Waals surface area contributed by atoms with E-state index >= 15 is 0 Å². The van der Waals surface area contributed by atoms with Gasteiger partial charge in [0.1, 0.15) is 19.5 Å². The van der Waals surface area contributed by atoms with E-state index in [2.05, 4.69) is 53.0 Å². The van der Waals surface area contributed by atoms with Crippen LogP contribution in [0, 0.1) is 17.3 Å². The van der Waals surface area contributed by atoms with Crippen molar-refractivity contribution in [2.75, 3.05) is 11.9 Å². The molecule has 0 aliphatic rings. The summed E-state index contributed by atoms with van der Waals surface area (Å²) >= 11 is 0. The number of anilines is 1. The summed E-state index contributed by atoms with van der Waals surface area (Å²) in [5.41, 5.74) is 5.50. The number of rotatable bonds is 4. The summed E-state index contributed by atoms with van der Waals surface area (Å²) in [6.07, 6.45) is -0.521. The Morgan fingerprint density at radius 3 is 1.96 bits per heavy atom. The largest absolute Gasteiger partial charge is 0.443 e. The van der Waals surface area contributed by atoms with E-state index in [0.717, 1.165) is 0 Å². The molecule has 1 aromatic rings. The van der Waals surface area contributed by atoms with Crippen LogP contribution < -0.4 is 4.90 Å². The minimum Gasteiger partial charge on any atom is -0.443 e. The summed E-state index contributed by atoms with van der Waals surface area (Å²) < 4.78 is 19.6. The van der Waals surface area contributed by atoms with Gasteiger partial charge in [-0.25, -0.2) is 9.18 Å². The van der Waals surface area contributed by atoms with Gasteiger partial charge in [-0.05, 0) is 55.6 Å². The summed E-state index contributed by atoms with van der Waals surface area (Å²) in [5.74, 6) is 2.83. The van der Waals surface area contributed by atoms with Crippen molar-refractivity contribution in [1.82, 2.24) is 0 Å². The molecule has 156 valence electrons. The predicted octanol–water partition coefficient (Wildman–Crippen LogP) is 6.77. The fourth-order valence-corrected chi connectivity index (χ4v) is 9.12. The van der Waals surface area contributed by atoms with E-state index in [4.69, 9.17) is 4.74 Å². The zero-order valence-corrected chi connectivity index (χ0v) is 20.1. The van der Waals surface area contributed by atoms with E-state index in [9.17, 15) is 9.18 Å². The number of amides is 1. The summed E-state index contributed by atoms with van der Waals surface area (Å²) in [4.78, 5) is 13.6. The molecule has 1 aromatic carbocycles. The number of halogens is 1. The molecule has 0 atom stereocenters. The van der Waals surface area contributed by atoms with Crippen molar-refractivity contribution in [3.8, 4) is 11.5 Å². The molecule has 28 heavy (non-hydrogen) atoms. The second-order valence-corrected chi connectivity index (χ2v) is 15.0. The average Bonchev–Trinajstić information content (AvgIpc) is 2.51. The van der Waals surface area contributed by atoms with Crippen LogP contribution in [0.3, 0.4) is 0 Å². The van der Waals surface area contributed by atoms with Crippen LogP contribution in [0.25, 0.3) is 0 Å². The molecular weight excluding hydrogens is 369 g/mol. The Balaban J connectivity index is 3.33. The summed E-state index contributed by atoms with van der Waals surface area (Å²) in [5, 5.41) is 0. The molecule has 1 rings (SSSR count). The second kappa shape index (κ2) is 9.13. The number of benzene rings is 1. The van der Waals surface area contributed by atoms with Gasteiger partial charge in [-0.3, -0.25) is 4.90 Å². The fraction of sp³-hybridized carbons (Fsp3) is 0.609. The summed E-state index contributed by atoms with van der Waals surface area (Å²) in [6, 6.07) is 4.51. The topological polar surface area (TPSA) is 29.5 Å². The number of ether oxygens (including phenoxy) is 1. The molecule has 0 radical (unpaired) electrons. The van der Waals surface area contributed by atoms with E-state index < -0.39 is 25.6 Å². The average molecular weight is 406 g/mol. The maximum atomic E-state index is 14.2. The summed E-state index contributed by atoms with van der Waals surface area (Å²) in [6.45, 7) is 18.9. The summed E-state index contributed by atoms with van der Waals surface area (Å²) in [7, 11) is -0.336. The van der Waals surface area contributed by atoms with E-state index in [0.29, 0.717) is 27.9 Å². The number of hydrogen-bond acceptors (Lipinski definition) is 2. The van der Waals surface area contributed by atoms with Gasteiger partial charge in [-0.15, -0.1) is 5.54 Å². The molecule has 0 aromatic heterocycles. The molecule has 0 spiro atoms. The highest BCUT2D eigenvalue weighted by Gasteiger charge is 2.41. The number of carbonyl (C=O) groups is 1. The molecule has 0 aliphatic heterocycles. The third-order valence-corrected chi connectivity index (χ3v) is 11.5. The Labute approximate surface area is 171 Å². The van der Waals surface area contributed by atoms with Crippen molar-refractivity contribution >= 4 is 19.9 Å². The minimum atomic E-state index is -1.91. The number of carbonyl (C=O) groups excluding carboxylic acids is 1. The van der Waals surface area contributed by atoms with Gasteiger partial charge < -0.3 is 4.74 Å². The molecule has 0 unspecified atom stereocenters. The van der Waals surface area contributed by atoms with Crippen LogP contribution >= 0.6 is 0 Å². The standard InChI is InChI=1S/C23H36FNO2Si/c1-16(2)28(17(3)4,18(5)6)12-11-19-13-20(24)15-21(14-19)25(10)22(26)27-23(7,8)9/h13-18H,1-10H3. The van der Waals surface area contributed by atoms with Crippen LogP contribution in [0.15, 0.2) is 18.2 Å². The highest BCUT2D eigenvalue weighted by molar-refractivity contribution is 6.90. The van der Waals surface area contributed by atoms with E-state index in [1.165, 1.54) is 17.0 Å². The van der Waals surface area contributed by atoms with E-state index in [1.807, 2.05) is 0 Å². The molecule has 0 saturated heterocycles. The Hall–Kier alpha value is -1.80.